The van der Waals surface area contributed by atoms with E-state index in [-0.39, 0.29) is 11.9 Å². The van der Waals surface area contributed by atoms with Crippen LogP contribution in [-0.2, 0) is 6.54 Å². The Bertz CT molecular complexity index is 946. The first-order valence-electron chi connectivity index (χ1n) is 9.52. The van der Waals surface area contributed by atoms with Gasteiger partial charge in [-0.3, -0.25) is 14.7 Å². The maximum absolute atomic E-state index is 13.0. The predicted molar refractivity (Wildman–Crippen MR) is 111 cm³/mol. The van der Waals surface area contributed by atoms with Crippen LogP contribution < -0.4 is 5.32 Å². The van der Waals surface area contributed by atoms with E-state index in [2.05, 4.69) is 32.7 Å². The number of pyridine rings is 1. The van der Waals surface area contributed by atoms with Crippen LogP contribution in [0.3, 0.4) is 0 Å². The van der Waals surface area contributed by atoms with E-state index in [4.69, 9.17) is 0 Å². The zero-order valence-corrected chi connectivity index (χ0v) is 16.7. The fraction of sp³-hybridized carbons (Fsp3) is 0.364. The average Bonchev–Trinajstić information content (AvgIpc) is 3.14. The minimum absolute atomic E-state index is 0.0114. The van der Waals surface area contributed by atoms with Crippen LogP contribution in [0.5, 0.6) is 0 Å². The van der Waals surface area contributed by atoms with Gasteiger partial charge in [-0.25, -0.2) is 0 Å². The van der Waals surface area contributed by atoms with Crippen molar-refractivity contribution < 1.29 is 4.79 Å². The Hall–Kier alpha value is -2.24. The van der Waals surface area contributed by atoms with Gasteiger partial charge in [0.05, 0.1) is 11.1 Å². The molecule has 0 saturated carbocycles. The van der Waals surface area contributed by atoms with Crippen LogP contribution in [0.4, 0.5) is 0 Å². The van der Waals surface area contributed by atoms with E-state index in [1.54, 1.807) is 11.3 Å². The number of hydrogen-bond acceptors (Lipinski definition) is 4. The number of nitrogens with one attached hydrogen (secondary N) is 1. The first-order chi connectivity index (χ1) is 13.1. The lowest BCUT2D eigenvalue weighted by Gasteiger charge is -2.33. The number of piperidine rings is 1. The molecule has 5 heteroatoms. The van der Waals surface area contributed by atoms with E-state index in [9.17, 15) is 4.79 Å². The molecule has 1 N–H and O–H groups in total. The number of likely N-dealkylation sites (tertiary alicyclic amines) is 1. The number of thiophene rings is 1. The van der Waals surface area contributed by atoms with Crippen LogP contribution in [0, 0.1) is 13.8 Å². The number of amides is 1. The number of carbonyl (C=O) groups excluding carboxylic acids is 1. The quantitative estimate of drug-likeness (QED) is 0.735. The van der Waals surface area contributed by atoms with Gasteiger partial charge in [-0.2, -0.15) is 0 Å². The monoisotopic (exact) mass is 379 g/mol. The third-order valence-electron chi connectivity index (χ3n) is 5.14. The first-order valence-corrected chi connectivity index (χ1v) is 10.4. The molecular formula is C22H25N3OS. The lowest BCUT2D eigenvalue weighted by molar-refractivity contribution is 0.0902. The van der Waals surface area contributed by atoms with Crippen LogP contribution in [0.15, 0.2) is 41.8 Å². The van der Waals surface area contributed by atoms with Crippen molar-refractivity contribution in [1.82, 2.24) is 15.2 Å². The number of carbonyl (C=O) groups is 1. The van der Waals surface area contributed by atoms with Gasteiger partial charge in [-0.15, -0.1) is 11.3 Å². The lowest BCUT2D eigenvalue weighted by Crippen LogP contribution is -2.47. The zero-order chi connectivity index (χ0) is 18.8. The third-order valence-corrected chi connectivity index (χ3v) is 6.00. The van der Waals surface area contributed by atoms with Crippen molar-refractivity contribution in [3.8, 4) is 0 Å². The summed E-state index contributed by atoms with van der Waals surface area (Å²) in [7, 11) is 0. The van der Waals surface area contributed by atoms with Crippen LogP contribution in [-0.4, -0.2) is 34.9 Å². The van der Waals surface area contributed by atoms with Crippen LogP contribution in [0.2, 0.25) is 0 Å². The fourth-order valence-electron chi connectivity index (χ4n) is 3.86. The highest BCUT2D eigenvalue weighted by Gasteiger charge is 2.23. The molecule has 4 nitrogen and oxygen atoms in total. The molecule has 3 heterocycles. The molecule has 1 aromatic carbocycles. The van der Waals surface area contributed by atoms with Crippen molar-refractivity contribution in [3.63, 3.8) is 0 Å². The van der Waals surface area contributed by atoms with Crippen molar-refractivity contribution in [2.75, 3.05) is 13.1 Å². The highest BCUT2D eigenvalue weighted by atomic mass is 32.1. The third kappa shape index (κ3) is 4.20. The number of rotatable bonds is 4. The van der Waals surface area contributed by atoms with E-state index in [1.807, 2.05) is 38.1 Å². The number of nitrogens with zero attached hydrogens (tertiary/aromatic N) is 2. The Labute approximate surface area is 164 Å². The van der Waals surface area contributed by atoms with Gasteiger partial charge in [-0.05, 0) is 62.4 Å². The lowest BCUT2D eigenvalue weighted by atomic mass is 10.0. The van der Waals surface area contributed by atoms with Crippen molar-refractivity contribution >= 4 is 28.1 Å². The molecule has 1 fully saturated rings. The summed E-state index contributed by atoms with van der Waals surface area (Å²) in [5.41, 5.74) is 3.65. The van der Waals surface area contributed by atoms with Gasteiger partial charge in [0, 0.05) is 35.1 Å². The summed E-state index contributed by atoms with van der Waals surface area (Å²) in [6.07, 6.45) is 2.15. The average molecular weight is 380 g/mol. The molecule has 0 bridgehead atoms. The molecule has 1 aliphatic rings. The van der Waals surface area contributed by atoms with Crippen molar-refractivity contribution in [1.29, 1.82) is 0 Å². The second-order valence-corrected chi connectivity index (χ2v) is 8.49. The van der Waals surface area contributed by atoms with E-state index in [0.717, 1.165) is 60.2 Å². The molecule has 3 aromatic rings. The number of benzene rings is 1. The van der Waals surface area contributed by atoms with Crippen molar-refractivity contribution in [3.05, 3.63) is 63.5 Å². The van der Waals surface area contributed by atoms with E-state index in [0.29, 0.717) is 0 Å². The van der Waals surface area contributed by atoms with Gasteiger partial charge in [0.15, 0.2) is 0 Å². The number of fused-ring (bicyclic) bond motifs is 1. The van der Waals surface area contributed by atoms with Gasteiger partial charge in [-0.1, -0.05) is 18.2 Å². The second-order valence-electron chi connectivity index (χ2n) is 7.46. The van der Waals surface area contributed by atoms with E-state index >= 15 is 0 Å². The molecule has 1 aliphatic heterocycles. The summed E-state index contributed by atoms with van der Waals surface area (Å²) in [5, 5.41) is 6.32. The molecule has 0 radical (unpaired) electrons. The molecule has 2 aromatic heterocycles. The molecule has 4 rings (SSSR count). The molecule has 0 spiro atoms. The Morgan fingerprint density at radius 2 is 2.19 bits per heavy atom. The summed E-state index contributed by atoms with van der Waals surface area (Å²) in [4.78, 5) is 21.5. The molecule has 1 amide bonds. The van der Waals surface area contributed by atoms with Gasteiger partial charge in [0.25, 0.3) is 5.91 Å². The number of aromatic nitrogens is 1. The maximum atomic E-state index is 13.0. The molecular weight excluding hydrogens is 354 g/mol. The fourth-order valence-corrected chi connectivity index (χ4v) is 4.61. The van der Waals surface area contributed by atoms with Gasteiger partial charge < -0.3 is 5.32 Å². The summed E-state index contributed by atoms with van der Waals surface area (Å²) < 4.78 is 0. The van der Waals surface area contributed by atoms with Gasteiger partial charge in [0.2, 0.25) is 0 Å². The zero-order valence-electron chi connectivity index (χ0n) is 15.9. The highest BCUT2D eigenvalue weighted by molar-refractivity contribution is 7.09. The maximum Gasteiger partial charge on any atom is 0.252 e. The summed E-state index contributed by atoms with van der Waals surface area (Å²) in [6.45, 7) is 6.97. The highest BCUT2D eigenvalue weighted by Crippen LogP contribution is 2.21. The summed E-state index contributed by atoms with van der Waals surface area (Å²) in [5.74, 6) is 0.0114. The Morgan fingerprint density at radius 1 is 1.30 bits per heavy atom. The van der Waals surface area contributed by atoms with Gasteiger partial charge >= 0.3 is 0 Å². The number of aryl methyl sites for hydroxylation is 2. The van der Waals surface area contributed by atoms with Crippen LogP contribution in [0.25, 0.3) is 10.9 Å². The summed E-state index contributed by atoms with van der Waals surface area (Å²) in [6, 6.07) is 12.5. The molecule has 27 heavy (non-hydrogen) atoms. The molecule has 140 valence electrons. The molecule has 0 aliphatic carbocycles. The predicted octanol–water partition coefficient (Wildman–Crippen LogP) is 4.31. The second kappa shape index (κ2) is 7.79. The topological polar surface area (TPSA) is 45.2 Å². The first kappa shape index (κ1) is 18.1. The molecule has 1 saturated heterocycles. The van der Waals surface area contributed by atoms with Crippen LogP contribution >= 0.6 is 11.3 Å². The largest absolute Gasteiger partial charge is 0.348 e. The smallest absolute Gasteiger partial charge is 0.252 e. The molecule has 1 unspecified atom stereocenters. The Kier molecular flexibility index (Phi) is 5.23. The summed E-state index contributed by atoms with van der Waals surface area (Å²) >= 11 is 1.80. The van der Waals surface area contributed by atoms with Crippen LogP contribution in [0.1, 0.15) is 39.3 Å². The van der Waals surface area contributed by atoms with E-state index in [1.165, 1.54) is 4.88 Å². The van der Waals surface area contributed by atoms with E-state index < -0.39 is 0 Å². The minimum Gasteiger partial charge on any atom is -0.348 e. The van der Waals surface area contributed by atoms with Crippen molar-refractivity contribution in [2.45, 2.75) is 39.3 Å². The normalized spacial score (nSPS) is 17.9. The SMILES string of the molecule is Cc1ccc2c(C(=O)NC3CCCN(Cc4cccs4)C3)cc(C)nc2c1. The Balaban J connectivity index is 1.49. The molecule has 1 atom stereocenters. The minimum atomic E-state index is 0.0114. The Morgan fingerprint density at radius 3 is 3.00 bits per heavy atom. The standard InChI is InChI=1S/C22H25N3OS/c1-15-7-8-19-20(12-16(2)23-21(19)11-15)22(26)24-17-5-3-9-25(13-17)14-18-6-4-10-27-18/h4,6-8,10-12,17H,3,5,9,13-14H2,1-2H3,(H,24,26). The number of hydrogen-bond donors (Lipinski definition) is 1. The van der Waals surface area contributed by atoms with Crippen molar-refractivity contribution in [2.24, 2.45) is 0 Å². The van der Waals surface area contributed by atoms with Gasteiger partial charge in [0.1, 0.15) is 0 Å².